The van der Waals surface area contributed by atoms with Gasteiger partial charge in [-0.2, -0.15) is 12.8 Å². The molecular weight excluding hydrogens is 403 g/mol. The molecule has 7 nitrogen and oxygen atoms in total. The Hall–Kier alpha value is -1.77. The summed E-state index contributed by atoms with van der Waals surface area (Å²) in [6.45, 7) is 4.90. The normalized spacial score (nSPS) is 25.5. The number of carbonyl (C=O) groups is 1. The predicted octanol–water partition coefficient (Wildman–Crippen LogP) is 3.49. The lowest BCUT2D eigenvalue weighted by Gasteiger charge is -2.36. The second-order valence-electron chi connectivity index (χ2n) is 6.18. The summed E-state index contributed by atoms with van der Waals surface area (Å²) in [5, 5.41) is 9.69. The SMILES string of the molecule is CC1=CC(=O)C(Cl)(C(C)C)C(Cl)C1=NS(=O)(=O)c1cccc([N+](=O)[O-])c1. The highest BCUT2D eigenvalue weighted by molar-refractivity contribution is 7.90. The van der Waals surface area contributed by atoms with E-state index in [1.807, 2.05) is 0 Å². The minimum absolute atomic E-state index is 0.0542. The van der Waals surface area contributed by atoms with E-state index in [1.54, 1.807) is 13.8 Å². The number of halogens is 2. The van der Waals surface area contributed by atoms with E-state index in [2.05, 4.69) is 4.40 Å². The molecule has 26 heavy (non-hydrogen) atoms. The molecule has 140 valence electrons. The maximum atomic E-state index is 12.6. The van der Waals surface area contributed by atoms with Gasteiger partial charge in [0, 0.05) is 12.1 Å². The van der Waals surface area contributed by atoms with Crippen molar-refractivity contribution in [1.29, 1.82) is 0 Å². The van der Waals surface area contributed by atoms with E-state index < -0.39 is 31.0 Å². The fourth-order valence-electron chi connectivity index (χ4n) is 2.54. The Bertz CT molecular complexity index is 940. The molecule has 1 aliphatic rings. The van der Waals surface area contributed by atoms with Crippen LogP contribution >= 0.6 is 23.2 Å². The zero-order chi connectivity index (χ0) is 19.9. The Morgan fingerprint density at radius 3 is 2.50 bits per heavy atom. The summed E-state index contributed by atoms with van der Waals surface area (Å²) in [5.74, 6) is -0.799. The molecule has 10 heteroatoms. The lowest BCUT2D eigenvalue weighted by atomic mass is 9.79. The first kappa shape index (κ1) is 20.5. The van der Waals surface area contributed by atoms with Crippen LogP contribution in [0, 0.1) is 16.0 Å². The molecule has 1 aliphatic carbocycles. The number of allylic oxidation sites excluding steroid dienone is 2. The van der Waals surface area contributed by atoms with Crippen LogP contribution in [0.15, 0.2) is 45.2 Å². The summed E-state index contributed by atoms with van der Waals surface area (Å²) in [4.78, 5) is 20.6. The third-order valence-corrected chi connectivity index (χ3v) is 6.91. The van der Waals surface area contributed by atoms with Crippen LogP contribution < -0.4 is 0 Å². The third kappa shape index (κ3) is 3.54. The molecule has 0 saturated carbocycles. The van der Waals surface area contributed by atoms with Crippen molar-refractivity contribution < 1.29 is 18.1 Å². The second kappa shape index (κ2) is 7.09. The van der Waals surface area contributed by atoms with Crippen LogP contribution in [-0.2, 0) is 14.8 Å². The van der Waals surface area contributed by atoms with Crippen LogP contribution in [0.3, 0.4) is 0 Å². The van der Waals surface area contributed by atoms with Crippen molar-refractivity contribution in [3.05, 3.63) is 46.0 Å². The van der Waals surface area contributed by atoms with Gasteiger partial charge in [-0.15, -0.1) is 23.2 Å². The van der Waals surface area contributed by atoms with Gasteiger partial charge in [-0.3, -0.25) is 14.9 Å². The van der Waals surface area contributed by atoms with Gasteiger partial charge in [0.15, 0.2) is 5.78 Å². The molecule has 2 rings (SSSR count). The summed E-state index contributed by atoms with van der Waals surface area (Å²) in [7, 11) is -4.29. The fraction of sp³-hybridized carbons (Fsp3) is 0.375. The van der Waals surface area contributed by atoms with Gasteiger partial charge in [-0.25, -0.2) is 0 Å². The number of ketones is 1. The molecule has 0 heterocycles. The minimum Gasteiger partial charge on any atom is -0.293 e. The van der Waals surface area contributed by atoms with E-state index in [1.165, 1.54) is 31.2 Å². The molecule has 2 atom stereocenters. The number of benzene rings is 1. The van der Waals surface area contributed by atoms with E-state index in [-0.39, 0.29) is 27.8 Å². The van der Waals surface area contributed by atoms with Crippen molar-refractivity contribution in [3.63, 3.8) is 0 Å². The summed E-state index contributed by atoms with van der Waals surface area (Å²) < 4.78 is 29.0. The predicted molar refractivity (Wildman–Crippen MR) is 99.5 cm³/mol. The van der Waals surface area contributed by atoms with Gasteiger partial charge in [-0.05, 0) is 30.6 Å². The minimum atomic E-state index is -4.29. The van der Waals surface area contributed by atoms with E-state index in [4.69, 9.17) is 23.2 Å². The smallest absolute Gasteiger partial charge is 0.282 e. The van der Waals surface area contributed by atoms with Gasteiger partial charge in [0.1, 0.15) is 10.3 Å². The molecule has 0 N–H and O–H groups in total. The fourth-order valence-corrected chi connectivity index (χ4v) is 4.47. The van der Waals surface area contributed by atoms with Gasteiger partial charge in [0.05, 0.1) is 15.5 Å². The van der Waals surface area contributed by atoms with Crippen molar-refractivity contribution in [3.8, 4) is 0 Å². The molecular formula is C16H16Cl2N2O5S. The molecule has 1 aromatic rings. The second-order valence-corrected chi connectivity index (χ2v) is 8.85. The monoisotopic (exact) mass is 418 g/mol. The molecule has 1 aromatic carbocycles. The highest BCUT2D eigenvalue weighted by Crippen LogP contribution is 2.40. The first-order valence-corrected chi connectivity index (χ1v) is 9.82. The Kier molecular flexibility index (Phi) is 5.60. The third-order valence-electron chi connectivity index (χ3n) is 4.12. The molecule has 0 amide bonds. The number of nitro groups is 1. The van der Waals surface area contributed by atoms with Gasteiger partial charge in [0.2, 0.25) is 0 Å². The molecule has 0 saturated heterocycles. The maximum absolute atomic E-state index is 12.6. The molecule has 0 aromatic heterocycles. The van der Waals surface area contributed by atoms with Crippen LogP contribution in [0.2, 0.25) is 0 Å². The summed E-state index contributed by atoms with van der Waals surface area (Å²) in [5.41, 5.74) is -0.156. The number of non-ortho nitro benzene ring substituents is 1. The summed E-state index contributed by atoms with van der Waals surface area (Å²) >= 11 is 12.8. The van der Waals surface area contributed by atoms with Crippen LogP contribution in [0.1, 0.15) is 20.8 Å². The number of hydrogen-bond donors (Lipinski definition) is 0. The Labute approximate surface area is 160 Å². The van der Waals surface area contributed by atoms with Crippen molar-refractivity contribution in [2.75, 3.05) is 0 Å². The maximum Gasteiger partial charge on any atom is 0.282 e. The topological polar surface area (TPSA) is 107 Å². The van der Waals surface area contributed by atoms with Crippen LogP contribution in [0.4, 0.5) is 5.69 Å². The van der Waals surface area contributed by atoms with Gasteiger partial charge >= 0.3 is 0 Å². The van der Waals surface area contributed by atoms with Crippen molar-refractivity contribution in [2.45, 2.75) is 35.9 Å². The molecule has 0 bridgehead atoms. The standard InChI is InChI=1S/C16H16Cl2N2O5S/c1-9(2)16(18)13(21)7-10(3)14(15(16)17)19-26(24,25)12-6-4-5-11(8-12)20(22)23/h4-9,15H,1-3H3. The molecule has 0 radical (unpaired) electrons. The van der Waals surface area contributed by atoms with E-state index in [0.717, 1.165) is 6.07 Å². The lowest BCUT2D eigenvalue weighted by molar-refractivity contribution is -0.385. The van der Waals surface area contributed by atoms with Gasteiger partial charge in [-0.1, -0.05) is 19.9 Å². The summed E-state index contributed by atoms with van der Waals surface area (Å²) in [6.07, 6.45) is 1.22. The number of nitro benzene ring substituents is 1. The van der Waals surface area contributed by atoms with Gasteiger partial charge < -0.3 is 0 Å². The highest BCUT2D eigenvalue weighted by atomic mass is 35.5. The number of carbonyl (C=O) groups excluding carboxylic acids is 1. The van der Waals surface area contributed by atoms with Crippen LogP contribution in [0.25, 0.3) is 0 Å². The Balaban J connectivity index is 2.60. The number of hydrogen-bond acceptors (Lipinski definition) is 5. The average Bonchev–Trinajstić information content (AvgIpc) is 2.56. The van der Waals surface area contributed by atoms with Crippen molar-refractivity contribution in [2.24, 2.45) is 10.3 Å². The van der Waals surface area contributed by atoms with E-state index in [0.29, 0.717) is 0 Å². The van der Waals surface area contributed by atoms with Crippen molar-refractivity contribution >= 4 is 50.4 Å². The van der Waals surface area contributed by atoms with Gasteiger partial charge in [0.25, 0.3) is 15.7 Å². The number of alkyl halides is 2. The zero-order valence-corrected chi connectivity index (χ0v) is 16.5. The first-order chi connectivity index (χ1) is 11.9. The number of rotatable bonds is 4. The van der Waals surface area contributed by atoms with E-state index >= 15 is 0 Å². The Morgan fingerprint density at radius 1 is 1.35 bits per heavy atom. The summed E-state index contributed by atoms with van der Waals surface area (Å²) in [6, 6.07) is 4.52. The molecule has 0 fully saturated rings. The largest absolute Gasteiger partial charge is 0.293 e. The number of nitrogens with zero attached hydrogens (tertiary/aromatic N) is 2. The average molecular weight is 419 g/mol. The van der Waals surface area contributed by atoms with Crippen LogP contribution in [-0.4, -0.2) is 35.1 Å². The van der Waals surface area contributed by atoms with Crippen molar-refractivity contribution in [1.82, 2.24) is 0 Å². The highest BCUT2D eigenvalue weighted by Gasteiger charge is 2.50. The number of sulfonamides is 1. The van der Waals surface area contributed by atoms with E-state index in [9.17, 15) is 23.3 Å². The quantitative estimate of drug-likeness (QED) is 0.422. The first-order valence-electron chi connectivity index (χ1n) is 7.56. The molecule has 2 unspecified atom stereocenters. The molecule has 0 aliphatic heterocycles. The van der Waals surface area contributed by atoms with Crippen LogP contribution in [0.5, 0.6) is 0 Å². The zero-order valence-electron chi connectivity index (χ0n) is 14.1. The molecule has 0 spiro atoms. The lowest BCUT2D eigenvalue weighted by Crippen LogP contribution is -2.52. The Morgan fingerprint density at radius 2 is 1.96 bits per heavy atom.